The van der Waals surface area contributed by atoms with Crippen LogP contribution >= 0.6 is 0 Å². The molecule has 0 saturated heterocycles. The van der Waals surface area contributed by atoms with Crippen molar-refractivity contribution in [1.29, 1.82) is 0 Å². The van der Waals surface area contributed by atoms with Gasteiger partial charge in [-0.05, 0) is 31.6 Å². The summed E-state index contributed by atoms with van der Waals surface area (Å²) in [5.41, 5.74) is 0. The van der Waals surface area contributed by atoms with Gasteiger partial charge in [-0.3, -0.25) is 0 Å². The molecule has 0 aliphatic carbocycles. The van der Waals surface area contributed by atoms with E-state index in [1.807, 2.05) is 0 Å². The van der Waals surface area contributed by atoms with E-state index >= 15 is 0 Å². The first-order chi connectivity index (χ1) is 6.63. The molecule has 0 saturated carbocycles. The Bertz CT molecular complexity index is 129. The minimum atomic E-state index is -0.777. The maximum absolute atomic E-state index is 9.59. The highest BCUT2D eigenvalue weighted by Gasteiger charge is 2.21. The fraction of sp³-hybridized carbons (Fsp3) is 1.00. The van der Waals surface area contributed by atoms with E-state index in [0.717, 1.165) is 0 Å². The summed E-state index contributed by atoms with van der Waals surface area (Å²) in [6.45, 7) is 1.95. The molecule has 0 aromatic carbocycles. The highest BCUT2D eigenvalue weighted by atomic mass is 16.3. The molecule has 0 spiro atoms. The van der Waals surface area contributed by atoms with Crippen molar-refractivity contribution in [3.8, 4) is 0 Å². The molecule has 0 heterocycles. The summed E-state index contributed by atoms with van der Waals surface area (Å²) in [6, 6.07) is 0. The first kappa shape index (κ1) is 13.8. The van der Waals surface area contributed by atoms with Crippen molar-refractivity contribution in [2.45, 2.75) is 44.8 Å². The third-order valence-electron chi connectivity index (χ3n) is 2.47. The standard InChI is InChI=1S/C10H22O4/c1-8(5-7-12)10(14)9(13)4-2-3-6-11/h8-14H,2-7H2,1H3. The monoisotopic (exact) mass is 206 g/mol. The van der Waals surface area contributed by atoms with E-state index in [2.05, 4.69) is 0 Å². The van der Waals surface area contributed by atoms with Crippen LogP contribution in [-0.2, 0) is 0 Å². The summed E-state index contributed by atoms with van der Waals surface area (Å²) in [4.78, 5) is 0. The Balaban J connectivity index is 3.68. The van der Waals surface area contributed by atoms with Crippen molar-refractivity contribution < 1.29 is 20.4 Å². The molecule has 0 amide bonds. The van der Waals surface area contributed by atoms with Gasteiger partial charge in [-0.1, -0.05) is 6.92 Å². The second-order valence-corrected chi connectivity index (χ2v) is 3.77. The van der Waals surface area contributed by atoms with E-state index in [1.165, 1.54) is 0 Å². The van der Waals surface area contributed by atoms with Crippen LogP contribution in [0.15, 0.2) is 0 Å². The molecule has 86 valence electrons. The van der Waals surface area contributed by atoms with E-state index in [-0.39, 0.29) is 19.1 Å². The molecule has 3 unspecified atom stereocenters. The summed E-state index contributed by atoms with van der Waals surface area (Å²) in [5.74, 6) is -0.0934. The summed E-state index contributed by atoms with van der Waals surface area (Å²) < 4.78 is 0. The number of unbranched alkanes of at least 4 members (excludes halogenated alkanes) is 1. The van der Waals surface area contributed by atoms with Gasteiger partial charge in [-0.25, -0.2) is 0 Å². The average molecular weight is 206 g/mol. The maximum atomic E-state index is 9.59. The van der Waals surface area contributed by atoms with Gasteiger partial charge in [-0.15, -0.1) is 0 Å². The molecule has 0 aromatic rings. The molecule has 0 aromatic heterocycles. The van der Waals surface area contributed by atoms with Gasteiger partial charge in [0.2, 0.25) is 0 Å². The van der Waals surface area contributed by atoms with Gasteiger partial charge in [0.05, 0.1) is 12.2 Å². The van der Waals surface area contributed by atoms with Crippen LogP contribution in [-0.4, -0.2) is 45.8 Å². The van der Waals surface area contributed by atoms with E-state index in [9.17, 15) is 10.2 Å². The van der Waals surface area contributed by atoms with Gasteiger partial charge in [0.25, 0.3) is 0 Å². The smallest absolute Gasteiger partial charge is 0.0825 e. The van der Waals surface area contributed by atoms with Crippen molar-refractivity contribution in [2.24, 2.45) is 5.92 Å². The Hall–Kier alpha value is -0.160. The fourth-order valence-corrected chi connectivity index (χ4v) is 1.39. The largest absolute Gasteiger partial charge is 0.396 e. The lowest BCUT2D eigenvalue weighted by Crippen LogP contribution is -2.32. The third-order valence-corrected chi connectivity index (χ3v) is 2.47. The second kappa shape index (κ2) is 8.17. The Morgan fingerprint density at radius 1 is 0.929 bits per heavy atom. The summed E-state index contributed by atoms with van der Waals surface area (Å²) >= 11 is 0. The van der Waals surface area contributed by atoms with Crippen LogP contribution < -0.4 is 0 Å². The van der Waals surface area contributed by atoms with Crippen LogP contribution in [0.1, 0.15) is 32.6 Å². The van der Waals surface area contributed by atoms with Crippen molar-refractivity contribution >= 4 is 0 Å². The van der Waals surface area contributed by atoms with Gasteiger partial charge >= 0.3 is 0 Å². The molecule has 0 bridgehead atoms. The van der Waals surface area contributed by atoms with Crippen LogP contribution in [0.5, 0.6) is 0 Å². The molecule has 0 radical (unpaired) electrons. The first-order valence-electron chi connectivity index (χ1n) is 5.21. The van der Waals surface area contributed by atoms with Gasteiger partial charge in [-0.2, -0.15) is 0 Å². The predicted molar refractivity (Wildman–Crippen MR) is 53.8 cm³/mol. The minimum Gasteiger partial charge on any atom is -0.396 e. The number of hydrogen-bond donors (Lipinski definition) is 4. The van der Waals surface area contributed by atoms with Gasteiger partial charge < -0.3 is 20.4 Å². The molecule has 0 aliphatic rings. The molecular weight excluding hydrogens is 184 g/mol. The van der Waals surface area contributed by atoms with E-state index in [4.69, 9.17) is 10.2 Å². The predicted octanol–water partition coefficient (Wildman–Crippen LogP) is -0.111. The van der Waals surface area contributed by atoms with E-state index in [1.54, 1.807) is 6.92 Å². The van der Waals surface area contributed by atoms with Crippen molar-refractivity contribution in [3.05, 3.63) is 0 Å². The molecule has 4 N–H and O–H groups in total. The zero-order chi connectivity index (χ0) is 11.0. The SMILES string of the molecule is CC(CCO)C(O)C(O)CCCCO. The lowest BCUT2D eigenvalue weighted by Gasteiger charge is -2.23. The lowest BCUT2D eigenvalue weighted by molar-refractivity contribution is -0.0232. The molecule has 4 nitrogen and oxygen atoms in total. The van der Waals surface area contributed by atoms with Crippen molar-refractivity contribution in [3.63, 3.8) is 0 Å². The zero-order valence-corrected chi connectivity index (χ0v) is 8.76. The summed E-state index contributed by atoms with van der Waals surface area (Å²) in [7, 11) is 0. The highest BCUT2D eigenvalue weighted by Crippen LogP contribution is 2.15. The van der Waals surface area contributed by atoms with E-state index < -0.39 is 12.2 Å². The number of aliphatic hydroxyl groups is 4. The maximum Gasteiger partial charge on any atom is 0.0825 e. The quantitative estimate of drug-likeness (QED) is 0.418. The summed E-state index contributed by atoms with van der Waals surface area (Å²) in [5, 5.41) is 36.3. The van der Waals surface area contributed by atoms with E-state index in [0.29, 0.717) is 25.7 Å². The molecular formula is C10H22O4. The number of aliphatic hydroxyl groups excluding tert-OH is 4. The topological polar surface area (TPSA) is 80.9 Å². The Labute approximate surface area is 85.2 Å². The normalized spacial score (nSPS) is 17.8. The Kier molecular flexibility index (Phi) is 8.08. The highest BCUT2D eigenvalue weighted by molar-refractivity contribution is 4.72. The number of hydrogen-bond acceptors (Lipinski definition) is 4. The summed E-state index contributed by atoms with van der Waals surface area (Å²) in [6.07, 6.45) is 0.831. The molecule has 0 aliphatic heterocycles. The van der Waals surface area contributed by atoms with Crippen LogP contribution in [0, 0.1) is 5.92 Å². The first-order valence-corrected chi connectivity index (χ1v) is 5.21. The van der Waals surface area contributed by atoms with Crippen molar-refractivity contribution in [1.82, 2.24) is 0 Å². The zero-order valence-electron chi connectivity index (χ0n) is 8.76. The van der Waals surface area contributed by atoms with Crippen molar-refractivity contribution in [2.75, 3.05) is 13.2 Å². The third kappa shape index (κ3) is 5.54. The molecule has 14 heavy (non-hydrogen) atoms. The van der Waals surface area contributed by atoms with Gasteiger partial charge in [0.1, 0.15) is 0 Å². The molecule has 0 fully saturated rings. The van der Waals surface area contributed by atoms with Crippen LogP contribution in [0.3, 0.4) is 0 Å². The van der Waals surface area contributed by atoms with Crippen LogP contribution in [0.4, 0.5) is 0 Å². The molecule has 0 rings (SSSR count). The average Bonchev–Trinajstić information content (AvgIpc) is 2.17. The molecule has 3 atom stereocenters. The van der Waals surface area contributed by atoms with Crippen LogP contribution in [0.25, 0.3) is 0 Å². The van der Waals surface area contributed by atoms with Gasteiger partial charge in [0, 0.05) is 13.2 Å². The van der Waals surface area contributed by atoms with Gasteiger partial charge in [0.15, 0.2) is 0 Å². The lowest BCUT2D eigenvalue weighted by atomic mass is 9.94. The second-order valence-electron chi connectivity index (χ2n) is 3.77. The number of rotatable bonds is 8. The molecule has 4 heteroatoms. The minimum absolute atomic E-state index is 0.0294. The van der Waals surface area contributed by atoms with Crippen LogP contribution in [0.2, 0.25) is 0 Å². The Morgan fingerprint density at radius 2 is 1.57 bits per heavy atom. The Morgan fingerprint density at radius 3 is 2.07 bits per heavy atom. The fourth-order valence-electron chi connectivity index (χ4n) is 1.39.